The molecular weight excluding hydrogens is 587 g/mol. The van der Waals surface area contributed by atoms with Crippen LogP contribution >= 0.6 is 11.6 Å². The van der Waals surface area contributed by atoms with Gasteiger partial charge in [-0.2, -0.15) is 0 Å². The first kappa shape index (κ1) is 31.1. The third-order valence-electron chi connectivity index (χ3n) is 6.94. The molecule has 1 heterocycles. The summed E-state index contributed by atoms with van der Waals surface area (Å²) in [7, 11) is -2.40. The Morgan fingerprint density at radius 1 is 1.14 bits per heavy atom. The van der Waals surface area contributed by atoms with Crippen LogP contribution in [0.1, 0.15) is 24.2 Å². The lowest BCUT2D eigenvalue weighted by Gasteiger charge is -2.38. The number of benzene rings is 3. The molecule has 0 bridgehead atoms. The Labute approximate surface area is 249 Å². The molecule has 3 atom stereocenters. The van der Waals surface area contributed by atoms with Gasteiger partial charge in [0.05, 0.1) is 29.7 Å². The van der Waals surface area contributed by atoms with Crippen molar-refractivity contribution in [3.05, 3.63) is 83.1 Å². The van der Waals surface area contributed by atoms with Crippen molar-refractivity contribution in [2.45, 2.75) is 30.9 Å². The molecule has 3 amide bonds. The van der Waals surface area contributed by atoms with E-state index in [2.05, 4.69) is 10.0 Å². The number of amides is 3. The molecule has 4 rings (SSSR count). The van der Waals surface area contributed by atoms with E-state index in [1.807, 2.05) is 6.92 Å². The zero-order valence-electron chi connectivity index (χ0n) is 23.3. The number of aliphatic hydroxyl groups is 1. The summed E-state index contributed by atoms with van der Waals surface area (Å²) in [6, 6.07) is 14.4. The van der Waals surface area contributed by atoms with Gasteiger partial charge in [-0.3, -0.25) is 9.52 Å². The fourth-order valence-corrected chi connectivity index (χ4v) is 5.61. The molecule has 3 N–H and O–H groups in total. The molecule has 0 spiro atoms. The highest BCUT2D eigenvalue weighted by Gasteiger charge is 2.34. The summed E-state index contributed by atoms with van der Waals surface area (Å²) in [6.07, 6.45) is -0.578. The van der Waals surface area contributed by atoms with Crippen molar-refractivity contribution < 1.29 is 32.2 Å². The van der Waals surface area contributed by atoms with E-state index in [9.17, 15) is 27.5 Å². The van der Waals surface area contributed by atoms with Crippen LogP contribution in [0, 0.1) is 11.7 Å². The Balaban J connectivity index is 1.61. The number of likely N-dealkylation sites (N-methyl/N-ethyl adjacent to an activating group) is 1. The Morgan fingerprint density at radius 3 is 2.43 bits per heavy atom. The number of carbonyl (C=O) groups excluding carboxylic acids is 2. The number of nitrogens with zero attached hydrogens (tertiary/aromatic N) is 2. The van der Waals surface area contributed by atoms with Crippen molar-refractivity contribution in [1.82, 2.24) is 9.80 Å². The molecule has 0 saturated carbocycles. The molecule has 42 heavy (non-hydrogen) atoms. The lowest BCUT2D eigenvalue weighted by atomic mass is 9.99. The fraction of sp³-hybridized carbons (Fsp3) is 0.310. The first-order valence-electron chi connectivity index (χ1n) is 13.2. The minimum absolute atomic E-state index is 0.00686. The van der Waals surface area contributed by atoms with Crippen LogP contribution in [-0.4, -0.2) is 74.2 Å². The fourth-order valence-electron chi connectivity index (χ4n) is 4.44. The van der Waals surface area contributed by atoms with E-state index in [0.717, 1.165) is 0 Å². The minimum Gasteiger partial charge on any atom is -0.487 e. The molecule has 0 unspecified atom stereocenters. The van der Waals surface area contributed by atoms with Crippen LogP contribution in [0.3, 0.4) is 0 Å². The van der Waals surface area contributed by atoms with E-state index < -0.39 is 39.9 Å². The van der Waals surface area contributed by atoms with E-state index in [1.165, 1.54) is 76.5 Å². The zero-order valence-corrected chi connectivity index (χ0v) is 24.8. The van der Waals surface area contributed by atoms with Gasteiger partial charge in [-0.25, -0.2) is 17.6 Å². The molecule has 13 heteroatoms. The van der Waals surface area contributed by atoms with Crippen molar-refractivity contribution >= 4 is 44.9 Å². The highest BCUT2D eigenvalue weighted by atomic mass is 35.5. The number of hydrogen-bond acceptors (Lipinski definition) is 6. The van der Waals surface area contributed by atoms with Crippen LogP contribution in [0.25, 0.3) is 0 Å². The lowest BCUT2D eigenvalue weighted by Crippen LogP contribution is -2.50. The Hall–Kier alpha value is -3.87. The van der Waals surface area contributed by atoms with E-state index in [0.29, 0.717) is 10.7 Å². The molecule has 1 aliphatic heterocycles. The number of anilines is 2. The van der Waals surface area contributed by atoms with Gasteiger partial charge < -0.3 is 25.0 Å². The molecule has 224 valence electrons. The second-order valence-corrected chi connectivity index (χ2v) is 12.3. The number of urea groups is 1. The molecule has 0 saturated heterocycles. The second-order valence-electron chi connectivity index (χ2n) is 10.2. The van der Waals surface area contributed by atoms with Crippen LogP contribution in [0.15, 0.2) is 71.6 Å². The molecular formula is C29H32ClFN4O6S. The topological polar surface area (TPSA) is 128 Å². The molecule has 3 aromatic rings. The van der Waals surface area contributed by atoms with Crippen LogP contribution in [0.4, 0.5) is 20.6 Å². The van der Waals surface area contributed by atoms with Crippen molar-refractivity contribution in [2.75, 3.05) is 36.8 Å². The predicted octanol–water partition coefficient (Wildman–Crippen LogP) is 4.66. The lowest BCUT2D eigenvalue weighted by molar-refractivity contribution is 0.0371. The van der Waals surface area contributed by atoms with Gasteiger partial charge in [-0.15, -0.1) is 0 Å². The zero-order chi connectivity index (χ0) is 30.6. The summed E-state index contributed by atoms with van der Waals surface area (Å²) in [5.41, 5.74) is 0.660. The summed E-state index contributed by atoms with van der Waals surface area (Å²) >= 11 is 5.88. The summed E-state index contributed by atoms with van der Waals surface area (Å²) in [6.45, 7) is 3.63. The first-order chi connectivity index (χ1) is 19.9. The first-order valence-corrected chi connectivity index (χ1v) is 15.0. The number of halogens is 2. The van der Waals surface area contributed by atoms with Crippen LogP contribution in [0.5, 0.6) is 5.75 Å². The van der Waals surface area contributed by atoms with E-state index >= 15 is 0 Å². The van der Waals surface area contributed by atoms with Crippen LogP contribution in [0.2, 0.25) is 5.02 Å². The van der Waals surface area contributed by atoms with Crippen LogP contribution in [-0.2, 0) is 10.0 Å². The smallest absolute Gasteiger partial charge is 0.321 e. The molecule has 0 aliphatic carbocycles. The highest BCUT2D eigenvalue weighted by molar-refractivity contribution is 7.92. The summed E-state index contributed by atoms with van der Waals surface area (Å²) in [5, 5.41) is 13.0. The van der Waals surface area contributed by atoms with Gasteiger partial charge in [-0.05, 0) is 73.7 Å². The monoisotopic (exact) mass is 618 g/mol. The van der Waals surface area contributed by atoms with Gasteiger partial charge in [0, 0.05) is 35.9 Å². The van der Waals surface area contributed by atoms with E-state index in [-0.39, 0.29) is 47.5 Å². The average Bonchev–Trinajstić information content (AvgIpc) is 2.96. The maximum Gasteiger partial charge on any atom is 0.321 e. The standard InChI is InChI=1S/C29H32ClFN4O6S/c1-18-15-35(19(2)17-36)28(37)25-14-23(33-42(39,40)24-11-4-20(30)5-12-24)10-13-26(25)41-27(18)16-34(3)29(38)32-22-8-6-21(31)7-9-22/h4-14,18-19,27,33,36H,15-17H2,1-3H3,(H,32,38)/t18-,19-,27+/m0/s1. The van der Waals surface area contributed by atoms with Gasteiger partial charge >= 0.3 is 6.03 Å². The maximum atomic E-state index is 13.7. The third-order valence-corrected chi connectivity index (χ3v) is 8.59. The van der Waals surface area contributed by atoms with Crippen molar-refractivity contribution in [2.24, 2.45) is 5.92 Å². The number of carbonyl (C=O) groups is 2. The average molecular weight is 619 g/mol. The largest absolute Gasteiger partial charge is 0.487 e. The minimum atomic E-state index is -3.98. The maximum absolute atomic E-state index is 13.7. The van der Waals surface area contributed by atoms with Gasteiger partial charge in [0.15, 0.2) is 0 Å². The SMILES string of the molecule is C[C@H]1CN([C@@H](C)CO)C(=O)c2cc(NS(=O)(=O)c3ccc(Cl)cc3)ccc2O[C@@H]1CN(C)C(=O)Nc1ccc(F)cc1. The number of rotatable bonds is 8. The predicted molar refractivity (Wildman–Crippen MR) is 158 cm³/mol. The number of ether oxygens (including phenoxy) is 1. The van der Waals surface area contributed by atoms with Crippen molar-refractivity contribution in [3.63, 3.8) is 0 Å². The van der Waals surface area contributed by atoms with Crippen molar-refractivity contribution in [1.29, 1.82) is 0 Å². The number of nitrogens with one attached hydrogen (secondary N) is 2. The number of sulfonamides is 1. The number of hydrogen-bond donors (Lipinski definition) is 3. The van der Waals surface area contributed by atoms with Gasteiger partial charge in [-0.1, -0.05) is 18.5 Å². The van der Waals surface area contributed by atoms with Crippen molar-refractivity contribution in [3.8, 4) is 5.75 Å². The normalized spacial score (nSPS) is 17.8. The molecule has 10 nitrogen and oxygen atoms in total. The van der Waals surface area contributed by atoms with E-state index in [4.69, 9.17) is 16.3 Å². The van der Waals surface area contributed by atoms with Gasteiger partial charge in [0.25, 0.3) is 15.9 Å². The molecule has 1 aliphatic rings. The Morgan fingerprint density at radius 2 is 1.79 bits per heavy atom. The van der Waals surface area contributed by atoms with Crippen LogP contribution < -0.4 is 14.8 Å². The van der Waals surface area contributed by atoms with E-state index in [1.54, 1.807) is 14.0 Å². The summed E-state index contributed by atoms with van der Waals surface area (Å²) in [4.78, 5) is 29.4. The quantitative estimate of drug-likeness (QED) is 0.337. The Bertz CT molecular complexity index is 1540. The number of aliphatic hydroxyl groups excluding tert-OH is 1. The Kier molecular flexibility index (Phi) is 9.60. The second kappa shape index (κ2) is 13.0. The van der Waals surface area contributed by atoms with Gasteiger partial charge in [0.1, 0.15) is 17.7 Å². The molecule has 3 aromatic carbocycles. The molecule has 0 fully saturated rings. The molecule has 0 radical (unpaired) electrons. The highest BCUT2D eigenvalue weighted by Crippen LogP contribution is 2.31. The summed E-state index contributed by atoms with van der Waals surface area (Å²) < 4.78 is 47.9. The third kappa shape index (κ3) is 7.30. The summed E-state index contributed by atoms with van der Waals surface area (Å²) in [5.74, 6) is -0.922. The number of fused-ring (bicyclic) bond motifs is 1. The van der Waals surface area contributed by atoms with Gasteiger partial charge in [0.2, 0.25) is 0 Å². The molecule has 0 aromatic heterocycles.